The molecule has 0 radical (unpaired) electrons. The molecule has 2 heteroatoms. The molecule has 0 spiro atoms. The molecule has 0 saturated carbocycles. The molecule has 2 N–H and O–H groups in total. The van der Waals surface area contributed by atoms with Crippen LogP contribution in [0.1, 0.15) is 65.2 Å². The molecule has 0 unspecified atom stereocenters. The van der Waals surface area contributed by atoms with E-state index in [0.717, 1.165) is 6.54 Å². The van der Waals surface area contributed by atoms with Gasteiger partial charge in [-0.2, -0.15) is 0 Å². The van der Waals surface area contributed by atoms with Gasteiger partial charge in [0.15, 0.2) is 0 Å². The third-order valence-corrected chi connectivity index (χ3v) is 2.91. The van der Waals surface area contributed by atoms with E-state index in [-0.39, 0.29) is 0 Å². The zero-order chi connectivity index (χ0) is 11.9. The molecule has 0 aromatic rings. The highest BCUT2D eigenvalue weighted by Gasteiger charge is 1.91. The second-order valence-electron chi connectivity index (χ2n) is 4.58. The predicted molar refractivity (Wildman–Crippen MR) is 74.0 cm³/mol. The molecule has 0 saturated heterocycles. The van der Waals surface area contributed by atoms with Gasteiger partial charge in [0.1, 0.15) is 0 Å². The molecule has 16 heavy (non-hydrogen) atoms. The normalized spacial score (nSPS) is 10.9. The third kappa shape index (κ3) is 13.9. The van der Waals surface area contributed by atoms with E-state index < -0.39 is 0 Å². The largest absolute Gasteiger partial charge is 0.317 e. The third-order valence-electron chi connectivity index (χ3n) is 2.91. The van der Waals surface area contributed by atoms with Crippen LogP contribution in [0.4, 0.5) is 0 Å². The van der Waals surface area contributed by atoms with Crippen molar-refractivity contribution in [2.75, 3.05) is 26.2 Å². The van der Waals surface area contributed by atoms with Gasteiger partial charge in [0.25, 0.3) is 0 Å². The monoisotopic (exact) mass is 228 g/mol. The van der Waals surface area contributed by atoms with E-state index in [2.05, 4.69) is 24.5 Å². The van der Waals surface area contributed by atoms with Crippen LogP contribution in [0.5, 0.6) is 0 Å². The number of unbranched alkanes of at least 4 members (excludes halogenated alkanes) is 6. The highest BCUT2D eigenvalue weighted by Crippen LogP contribution is 1.99. The first-order valence-corrected chi connectivity index (χ1v) is 7.33. The maximum Gasteiger partial charge on any atom is -0.00489 e. The van der Waals surface area contributed by atoms with Crippen LogP contribution in [0, 0.1) is 0 Å². The zero-order valence-corrected chi connectivity index (χ0v) is 11.5. The topological polar surface area (TPSA) is 24.1 Å². The molecule has 2 nitrogen and oxygen atoms in total. The standard InChI is InChI=1S/C14H32N2/c1-3-5-6-9-13-16-14-11-8-7-10-12-15-4-2/h15-16H,3-14H2,1-2H3. The van der Waals surface area contributed by atoms with Crippen molar-refractivity contribution in [1.29, 1.82) is 0 Å². The van der Waals surface area contributed by atoms with Crippen molar-refractivity contribution in [3.8, 4) is 0 Å². The highest BCUT2D eigenvalue weighted by atomic mass is 14.8. The molecule has 0 amide bonds. The predicted octanol–water partition coefficient (Wildman–Crippen LogP) is 3.33. The van der Waals surface area contributed by atoms with Crippen LogP contribution in [0.15, 0.2) is 0 Å². The number of hydrogen-bond donors (Lipinski definition) is 2. The summed E-state index contributed by atoms with van der Waals surface area (Å²) in [6.45, 7) is 9.17. The van der Waals surface area contributed by atoms with Crippen molar-refractivity contribution >= 4 is 0 Å². The minimum absolute atomic E-state index is 1.11. The van der Waals surface area contributed by atoms with E-state index in [4.69, 9.17) is 0 Å². The van der Waals surface area contributed by atoms with Gasteiger partial charge < -0.3 is 10.6 Å². The minimum Gasteiger partial charge on any atom is -0.317 e. The number of rotatable bonds is 13. The Labute approximate surface area is 103 Å². The Hall–Kier alpha value is -0.0800. The average Bonchev–Trinajstić information content (AvgIpc) is 2.31. The number of nitrogens with one attached hydrogen (secondary N) is 2. The lowest BCUT2D eigenvalue weighted by molar-refractivity contribution is 0.551. The van der Waals surface area contributed by atoms with Crippen LogP contribution < -0.4 is 10.6 Å². The molecule has 0 aliphatic carbocycles. The van der Waals surface area contributed by atoms with Gasteiger partial charge in [-0.3, -0.25) is 0 Å². The molecular weight excluding hydrogens is 196 g/mol. The van der Waals surface area contributed by atoms with Crippen LogP contribution in [0.25, 0.3) is 0 Å². The van der Waals surface area contributed by atoms with Gasteiger partial charge in [-0.25, -0.2) is 0 Å². The van der Waals surface area contributed by atoms with Crippen molar-refractivity contribution in [3.63, 3.8) is 0 Å². The summed E-state index contributed by atoms with van der Waals surface area (Å²) in [7, 11) is 0. The first kappa shape index (κ1) is 15.9. The Balaban J connectivity index is 2.83. The summed E-state index contributed by atoms with van der Waals surface area (Å²) in [5.74, 6) is 0. The van der Waals surface area contributed by atoms with Gasteiger partial charge >= 0.3 is 0 Å². The van der Waals surface area contributed by atoms with E-state index in [1.165, 1.54) is 71.0 Å². The first-order valence-electron chi connectivity index (χ1n) is 7.33. The Morgan fingerprint density at radius 1 is 0.562 bits per heavy atom. The molecule has 0 rings (SSSR count). The van der Waals surface area contributed by atoms with Gasteiger partial charge in [-0.1, -0.05) is 46.0 Å². The van der Waals surface area contributed by atoms with E-state index in [9.17, 15) is 0 Å². The maximum atomic E-state index is 3.53. The molecule has 0 aromatic carbocycles. The quantitative estimate of drug-likeness (QED) is 0.473. The van der Waals surface area contributed by atoms with Gasteiger partial charge in [-0.05, 0) is 45.4 Å². The van der Waals surface area contributed by atoms with Crippen molar-refractivity contribution in [3.05, 3.63) is 0 Å². The molecule has 0 bridgehead atoms. The zero-order valence-electron chi connectivity index (χ0n) is 11.5. The Kier molecular flexibility index (Phi) is 14.8. The first-order chi connectivity index (χ1) is 7.91. The smallest absolute Gasteiger partial charge is 0.00489 e. The summed E-state index contributed by atoms with van der Waals surface area (Å²) in [4.78, 5) is 0. The Morgan fingerprint density at radius 2 is 1.06 bits per heavy atom. The van der Waals surface area contributed by atoms with Crippen molar-refractivity contribution in [1.82, 2.24) is 10.6 Å². The van der Waals surface area contributed by atoms with Crippen molar-refractivity contribution in [2.24, 2.45) is 0 Å². The lowest BCUT2D eigenvalue weighted by Gasteiger charge is -2.04. The summed E-state index contributed by atoms with van der Waals surface area (Å²) in [5.41, 5.74) is 0. The lowest BCUT2D eigenvalue weighted by Crippen LogP contribution is -2.17. The summed E-state index contributed by atoms with van der Waals surface area (Å²) >= 11 is 0. The molecule has 0 atom stereocenters. The molecule has 0 aromatic heterocycles. The fourth-order valence-corrected chi connectivity index (χ4v) is 1.83. The van der Waals surface area contributed by atoms with Crippen molar-refractivity contribution in [2.45, 2.75) is 65.2 Å². The van der Waals surface area contributed by atoms with Crippen LogP contribution in [-0.2, 0) is 0 Å². The summed E-state index contributed by atoms with van der Waals surface area (Å²) in [6, 6.07) is 0. The van der Waals surface area contributed by atoms with Crippen LogP contribution >= 0.6 is 0 Å². The van der Waals surface area contributed by atoms with Gasteiger partial charge in [0.2, 0.25) is 0 Å². The summed E-state index contributed by atoms with van der Waals surface area (Å²) < 4.78 is 0. The average molecular weight is 228 g/mol. The minimum atomic E-state index is 1.11. The molecule has 98 valence electrons. The van der Waals surface area contributed by atoms with Gasteiger partial charge in [-0.15, -0.1) is 0 Å². The SMILES string of the molecule is CCCCCCNCCCCCCNCC. The van der Waals surface area contributed by atoms with Crippen LogP contribution in [-0.4, -0.2) is 26.2 Å². The fourth-order valence-electron chi connectivity index (χ4n) is 1.83. The molecular formula is C14H32N2. The van der Waals surface area contributed by atoms with E-state index in [1.807, 2.05) is 0 Å². The second kappa shape index (κ2) is 14.9. The molecule has 0 aliphatic heterocycles. The Morgan fingerprint density at radius 3 is 1.56 bits per heavy atom. The fraction of sp³-hybridized carbons (Fsp3) is 1.00. The van der Waals surface area contributed by atoms with E-state index in [1.54, 1.807) is 0 Å². The molecule has 0 aliphatic rings. The lowest BCUT2D eigenvalue weighted by atomic mass is 10.2. The number of hydrogen-bond acceptors (Lipinski definition) is 2. The molecule has 0 fully saturated rings. The van der Waals surface area contributed by atoms with Gasteiger partial charge in [0.05, 0.1) is 0 Å². The van der Waals surface area contributed by atoms with Crippen LogP contribution in [0.2, 0.25) is 0 Å². The van der Waals surface area contributed by atoms with Crippen LogP contribution in [0.3, 0.4) is 0 Å². The van der Waals surface area contributed by atoms with Gasteiger partial charge in [0, 0.05) is 0 Å². The van der Waals surface area contributed by atoms with Crippen molar-refractivity contribution < 1.29 is 0 Å². The second-order valence-corrected chi connectivity index (χ2v) is 4.58. The van der Waals surface area contributed by atoms with E-state index in [0.29, 0.717) is 0 Å². The highest BCUT2D eigenvalue weighted by molar-refractivity contribution is 4.51. The Bertz CT molecular complexity index is 101. The maximum absolute atomic E-state index is 3.53. The summed E-state index contributed by atoms with van der Waals surface area (Å²) in [5, 5.41) is 6.89. The summed E-state index contributed by atoms with van der Waals surface area (Å²) in [6.07, 6.45) is 10.9. The van der Waals surface area contributed by atoms with E-state index >= 15 is 0 Å². The molecule has 0 heterocycles.